The zero-order chi connectivity index (χ0) is 30.9. The highest BCUT2D eigenvalue weighted by molar-refractivity contribution is 6.32. The Labute approximate surface area is 256 Å². The third-order valence-electron chi connectivity index (χ3n) is 6.46. The molecule has 8 heteroatoms. The molecular weight excluding hydrogens is 564 g/mol. The van der Waals surface area contributed by atoms with Gasteiger partial charge in [0.05, 0.1) is 31.2 Å². The van der Waals surface area contributed by atoms with Gasteiger partial charge >= 0.3 is 11.9 Å². The Hall–Kier alpha value is -5.01. The first-order chi connectivity index (χ1) is 20.7. The summed E-state index contributed by atoms with van der Waals surface area (Å²) in [5.41, 5.74) is 7.07. The molecule has 0 atom stereocenters. The van der Waals surface area contributed by atoms with Gasteiger partial charge in [-0.25, -0.2) is 19.6 Å². The SMILES string of the molecule is COC(=O)c1ccc(-c2ccccc2)nc1Cl.COC(=O)c1ccc(-c2ccccc2)nc1Oc1c(C)cc(C)cc1C. The van der Waals surface area contributed by atoms with Gasteiger partial charge in [-0.1, -0.05) is 90.0 Å². The van der Waals surface area contributed by atoms with Crippen LogP contribution in [0.3, 0.4) is 0 Å². The maximum Gasteiger partial charge on any atom is 0.343 e. The highest BCUT2D eigenvalue weighted by atomic mass is 35.5. The third-order valence-corrected chi connectivity index (χ3v) is 6.75. The molecule has 0 aliphatic carbocycles. The van der Waals surface area contributed by atoms with Gasteiger partial charge < -0.3 is 14.2 Å². The van der Waals surface area contributed by atoms with Crippen LogP contribution in [0.2, 0.25) is 5.15 Å². The van der Waals surface area contributed by atoms with E-state index in [0.29, 0.717) is 11.3 Å². The zero-order valence-corrected chi connectivity index (χ0v) is 25.3. The van der Waals surface area contributed by atoms with Gasteiger partial charge in [0, 0.05) is 11.1 Å². The van der Waals surface area contributed by atoms with E-state index in [9.17, 15) is 9.59 Å². The summed E-state index contributed by atoms with van der Waals surface area (Å²) in [5, 5.41) is 0.151. The number of nitrogens with zero attached hydrogens (tertiary/aromatic N) is 2. The number of ether oxygens (including phenoxy) is 3. The number of aryl methyl sites for hydroxylation is 3. The molecule has 0 radical (unpaired) electrons. The van der Waals surface area contributed by atoms with Crippen LogP contribution >= 0.6 is 11.6 Å². The minimum atomic E-state index is -0.484. The number of aromatic nitrogens is 2. The standard InChI is InChI=1S/C22H21NO3.C13H10ClNO2/c1-14-12-15(2)20(16(3)13-14)26-21-18(22(24)25-4)10-11-19(23-21)17-8-6-5-7-9-17;1-17-13(16)10-7-8-11(15-12(10)14)9-5-3-2-4-6-9/h5-13H,1-4H3;2-8H,1H3. The molecule has 2 aromatic heterocycles. The first-order valence-corrected chi connectivity index (χ1v) is 13.8. The van der Waals surface area contributed by atoms with E-state index in [2.05, 4.69) is 14.7 Å². The van der Waals surface area contributed by atoms with E-state index in [1.165, 1.54) is 14.2 Å². The fourth-order valence-corrected chi connectivity index (χ4v) is 4.68. The lowest BCUT2D eigenvalue weighted by atomic mass is 10.1. The Morgan fingerprint density at radius 1 is 0.628 bits per heavy atom. The second-order valence-corrected chi connectivity index (χ2v) is 9.99. The number of benzene rings is 3. The second-order valence-electron chi connectivity index (χ2n) is 9.63. The molecule has 0 N–H and O–H groups in total. The molecule has 5 aromatic rings. The predicted molar refractivity (Wildman–Crippen MR) is 168 cm³/mol. The van der Waals surface area contributed by atoms with Gasteiger partial charge in [-0.3, -0.25) is 0 Å². The highest BCUT2D eigenvalue weighted by Crippen LogP contribution is 2.32. The van der Waals surface area contributed by atoms with Crippen LogP contribution in [0.4, 0.5) is 0 Å². The number of methoxy groups -OCH3 is 2. The predicted octanol–water partition coefficient (Wildman–Crippen LogP) is 8.44. The normalized spacial score (nSPS) is 10.3. The molecule has 0 spiro atoms. The fraction of sp³-hybridized carbons (Fsp3) is 0.143. The van der Waals surface area contributed by atoms with Gasteiger partial charge in [-0.15, -0.1) is 0 Å². The van der Waals surface area contributed by atoms with Crippen LogP contribution in [0.25, 0.3) is 22.5 Å². The first-order valence-electron chi connectivity index (χ1n) is 13.4. The molecule has 43 heavy (non-hydrogen) atoms. The van der Waals surface area contributed by atoms with Gasteiger partial charge in [0.2, 0.25) is 5.88 Å². The Morgan fingerprint density at radius 2 is 1.09 bits per heavy atom. The first kappa shape index (κ1) is 30.9. The molecule has 0 unspecified atom stereocenters. The number of carbonyl (C=O) groups is 2. The van der Waals surface area contributed by atoms with Crippen LogP contribution in [-0.2, 0) is 9.47 Å². The van der Waals surface area contributed by atoms with Gasteiger partial charge in [-0.05, 0) is 56.2 Å². The van der Waals surface area contributed by atoms with Crippen molar-refractivity contribution in [3.8, 4) is 34.1 Å². The Bertz CT molecular complexity index is 1720. The lowest BCUT2D eigenvalue weighted by molar-refractivity contribution is 0.0589. The molecule has 0 aliphatic heterocycles. The highest BCUT2D eigenvalue weighted by Gasteiger charge is 2.19. The van der Waals surface area contributed by atoms with Crippen molar-refractivity contribution in [1.29, 1.82) is 0 Å². The fourth-order valence-electron chi connectivity index (χ4n) is 4.44. The Balaban J connectivity index is 0.000000215. The Kier molecular flexibility index (Phi) is 10.3. The monoisotopic (exact) mass is 594 g/mol. The van der Waals surface area contributed by atoms with Gasteiger partial charge in [0.1, 0.15) is 16.5 Å². The number of pyridine rings is 2. The molecule has 0 fully saturated rings. The molecular formula is C35H31ClN2O5. The Morgan fingerprint density at radius 3 is 1.58 bits per heavy atom. The van der Waals surface area contributed by atoms with E-state index in [-0.39, 0.29) is 16.6 Å². The minimum Gasteiger partial charge on any atom is -0.465 e. The van der Waals surface area contributed by atoms with Gasteiger partial charge in [-0.2, -0.15) is 0 Å². The van der Waals surface area contributed by atoms with Crippen molar-refractivity contribution in [1.82, 2.24) is 9.97 Å². The average Bonchev–Trinajstić information content (AvgIpc) is 3.03. The molecule has 5 rings (SSSR count). The quantitative estimate of drug-likeness (QED) is 0.144. The summed E-state index contributed by atoms with van der Waals surface area (Å²) in [6.45, 7) is 6.00. The van der Waals surface area contributed by atoms with Crippen LogP contribution < -0.4 is 4.74 Å². The zero-order valence-electron chi connectivity index (χ0n) is 24.6. The number of halogens is 1. The second kappa shape index (κ2) is 14.2. The molecule has 0 amide bonds. The van der Waals surface area contributed by atoms with Crippen LogP contribution in [0.15, 0.2) is 97.1 Å². The lowest BCUT2D eigenvalue weighted by Crippen LogP contribution is -2.06. The van der Waals surface area contributed by atoms with Crippen molar-refractivity contribution in [3.63, 3.8) is 0 Å². The van der Waals surface area contributed by atoms with Crippen LogP contribution in [-0.4, -0.2) is 36.1 Å². The third kappa shape index (κ3) is 7.64. The summed E-state index contributed by atoms with van der Waals surface area (Å²) in [6, 6.07) is 30.3. The lowest BCUT2D eigenvalue weighted by Gasteiger charge is -2.15. The summed E-state index contributed by atoms with van der Waals surface area (Å²) in [6.07, 6.45) is 0. The molecule has 7 nitrogen and oxygen atoms in total. The molecule has 3 aromatic carbocycles. The van der Waals surface area contributed by atoms with Gasteiger partial charge in [0.25, 0.3) is 0 Å². The van der Waals surface area contributed by atoms with E-state index in [0.717, 1.165) is 39.2 Å². The number of hydrogen-bond acceptors (Lipinski definition) is 7. The maximum atomic E-state index is 12.2. The van der Waals surface area contributed by atoms with Crippen molar-refractivity contribution in [3.05, 3.63) is 130 Å². The van der Waals surface area contributed by atoms with Crippen LogP contribution in [0, 0.1) is 20.8 Å². The average molecular weight is 595 g/mol. The van der Waals surface area contributed by atoms with Crippen LogP contribution in [0.5, 0.6) is 11.6 Å². The van der Waals surface area contributed by atoms with E-state index in [1.54, 1.807) is 24.3 Å². The smallest absolute Gasteiger partial charge is 0.343 e. The van der Waals surface area contributed by atoms with Crippen LogP contribution in [0.1, 0.15) is 37.4 Å². The van der Waals surface area contributed by atoms with Crippen molar-refractivity contribution >= 4 is 23.5 Å². The number of esters is 2. The van der Waals surface area contributed by atoms with Crippen molar-refractivity contribution < 1.29 is 23.8 Å². The maximum absolute atomic E-state index is 12.2. The number of hydrogen-bond donors (Lipinski definition) is 0. The molecule has 0 saturated heterocycles. The summed E-state index contributed by atoms with van der Waals surface area (Å²) in [4.78, 5) is 32.3. The summed E-state index contributed by atoms with van der Waals surface area (Å²) in [7, 11) is 2.66. The molecule has 0 saturated carbocycles. The minimum absolute atomic E-state index is 0.151. The summed E-state index contributed by atoms with van der Waals surface area (Å²) >= 11 is 5.94. The van der Waals surface area contributed by atoms with E-state index >= 15 is 0 Å². The summed E-state index contributed by atoms with van der Waals surface area (Å²) in [5.74, 6) is -0.0108. The van der Waals surface area contributed by atoms with Gasteiger partial charge in [0.15, 0.2) is 0 Å². The molecule has 0 aliphatic rings. The van der Waals surface area contributed by atoms with E-state index in [4.69, 9.17) is 21.1 Å². The van der Waals surface area contributed by atoms with E-state index in [1.807, 2.05) is 93.6 Å². The number of rotatable bonds is 6. The van der Waals surface area contributed by atoms with Crippen molar-refractivity contribution in [2.24, 2.45) is 0 Å². The molecule has 0 bridgehead atoms. The largest absolute Gasteiger partial charge is 0.465 e. The molecule has 218 valence electrons. The summed E-state index contributed by atoms with van der Waals surface area (Å²) < 4.78 is 15.6. The number of carbonyl (C=O) groups excluding carboxylic acids is 2. The topological polar surface area (TPSA) is 87.6 Å². The molecule has 2 heterocycles. The van der Waals surface area contributed by atoms with Crippen molar-refractivity contribution in [2.75, 3.05) is 14.2 Å². The van der Waals surface area contributed by atoms with E-state index < -0.39 is 11.9 Å². The van der Waals surface area contributed by atoms with Crippen molar-refractivity contribution in [2.45, 2.75) is 20.8 Å².